The van der Waals surface area contributed by atoms with Crippen molar-refractivity contribution in [1.82, 2.24) is 4.98 Å². The quantitative estimate of drug-likeness (QED) is 0.905. The monoisotopic (exact) mass is 296 g/mol. The van der Waals surface area contributed by atoms with E-state index in [0.717, 1.165) is 18.2 Å². The molecular formula is C15H24N2O2S. The Morgan fingerprint density at radius 1 is 1.30 bits per heavy atom. The van der Waals surface area contributed by atoms with Crippen molar-refractivity contribution in [2.75, 3.05) is 18.0 Å². The van der Waals surface area contributed by atoms with E-state index >= 15 is 0 Å². The minimum Gasteiger partial charge on any atom is -0.477 e. The average Bonchev–Trinajstić information content (AvgIpc) is 2.71. The van der Waals surface area contributed by atoms with Crippen LogP contribution in [0.5, 0.6) is 0 Å². The number of aromatic carboxylic acids is 1. The molecule has 1 aromatic rings. The molecule has 2 rings (SSSR count). The van der Waals surface area contributed by atoms with Crippen LogP contribution in [-0.2, 0) is 5.41 Å². The molecule has 0 amide bonds. The summed E-state index contributed by atoms with van der Waals surface area (Å²) in [7, 11) is 0. The fourth-order valence-electron chi connectivity index (χ4n) is 2.92. The van der Waals surface area contributed by atoms with Crippen molar-refractivity contribution in [3.63, 3.8) is 0 Å². The number of piperidine rings is 1. The number of aromatic nitrogens is 1. The minimum atomic E-state index is -0.864. The molecule has 1 aliphatic rings. The normalized spacial score (nSPS) is 23.9. The van der Waals surface area contributed by atoms with Crippen LogP contribution >= 0.6 is 11.3 Å². The molecule has 2 heterocycles. The molecule has 0 bridgehead atoms. The molecule has 20 heavy (non-hydrogen) atoms. The Morgan fingerprint density at radius 2 is 1.85 bits per heavy atom. The molecule has 0 radical (unpaired) electrons. The second kappa shape index (κ2) is 5.35. The number of carboxylic acid groups (broad SMARTS) is 1. The van der Waals surface area contributed by atoms with E-state index in [2.05, 4.69) is 23.7 Å². The first-order chi connectivity index (χ1) is 9.18. The molecule has 1 fully saturated rings. The SMILES string of the molecule is CC1CC(C)CN(c2nc(C(C)(C)C)c(C(=O)O)s2)C1. The van der Waals surface area contributed by atoms with Gasteiger partial charge in [-0.25, -0.2) is 9.78 Å². The number of nitrogens with zero attached hydrogens (tertiary/aromatic N) is 2. The van der Waals surface area contributed by atoms with Crippen LogP contribution < -0.4 is 4.90 Å². The zero-order chi connectivity index (χ0) is 15.1. The first-order valence-electron chi connectivity index (χ1n) is 7.18. The highest BCUT2D eigenvalue weighted by molar-refractivity contribution is 7.17. The molecule has 112 valence electrons. The smallest absolute Gasteiger partial charge is 0.347 e. The molecular weight excluding hydrogens is 272 g/mol. The number of rotatable bonds is 2. The van der Waals surface area contributed by atoms with Gasteiger partial charge in [0.25, 0.3) is 0 Å². The van der Waals surface area contributed by atoms with Crippen LogP contribution in [0.3, 0.4) is 0 Å². The van der Waals surface area contributed by atoms with Crippen molar-refractivity contribution in [2.24, 2.45) is 11.8 Å². The highest BCUT2D eigenvalue weighted by Gasteiger charge is 2.30. The molecule has 0 aromatic carbocycles. The van der Waals surface area contributed by atoms with Crippen molar-refractivity contribution < 1.29 is 9.90 Å². The van der Waals surface area contributed by atoms with Gasteiger partial charge in [-0.1, -0.05) is 46.0 Å². The van der Waals surface area contributed by atoms with Gasteiger partial charge in [0.05, 0.1) is 5.69 Å². The summed E-state index contributed by atoms with van der Waals surface area (Å²) in [6, 6.07) is 0. The zero-order valence-electron chi connectivity index (χ0n) is 12.9. The maximum absolute atomic E-state index is 11.4. The summed E-state index contributed by atoms with van der Waals surface area (Å²) >= 11 is 1.32. The fraction of sp³-hybridized carbons (Fsp3) is 0.733. The first-order valence-corrected chi connectivity index (χ1v) is 7.99. The Kier molecular flexibility index (Phi) is 4.09. The van der Waals surface area contributed by atoms with Crippen LogP contribution in [0.1, 0.15) is 56.4 Å². The maximum Gasteiger partial charge on any atom is 0.347 e. The third-order valence-electron chi connectivity index (χ3n) is 3.66. The number of carboxylic acids is 1. The topological polar surface area (TPSA) is 53.4 Å². The number of thiazole rings is 1. The standard InChI is InChI=1S/C15H24N2O2S/c1-9-6-10(2)8-17(7-9)14-16-12(15(3,4)5)11(20-14)13(18)19/h9-10H,6-8H2,1-5H3,(H,18,19). The summed E-state index contributed by atoms with van der Waals surface area (Å²) in [6.07, 6.45) is 1.24. The maximum atomic E-state index is 11.4. The summed E-state index contributed by atoms with van der Waals surface area (Å²) in [4.78, 5) is 18.7. The molecule has 0 spiro atoms. The predicted molar refractivity (Wildman–Crippen MR) is 82.9 cm³/mol. The van der Waals surface area contributed by atoms with E-state index in [1.807, 2.05) is 20.8 Å². The summed E-state index contributed by atoms with van der Waals surface area (Å²) in [5, 5.41) is 10.3. The average molecular weight is 296 g/mol. The van der Waals surface area contributed by atoms with Crippen LogP contribution in [0.25, 0.3) is 0 Å². The van der Waals surface area contributed by atoms with Gasteiger partial charge < -0.3 is 10.0 Å². The zero-order valence-corrected chi connectivity index (χ0v) is 13.8. The van der Waals surface area contributed by atoms with Crippen LogP contribution in [0.15, 0.2) is 0 Å². The Bertz CT molecular complexity index is 494. The van der Waals surface area contributed by atoms with Crippen molar-refractivity contribution in [1.29, 1.82) is 0 Å². The van der Waals surface area contributed by atoms with Gasteiger partial charge in [-0.05, 0) is 18.3 Å². The lowest BCUT2D eigenvalue weighted by atomic mass is 9.91. The lowest BCUT2D eigenvalue weighted by Gasteiger charge is -2.34. The Balaban J connectivity index is 2.36. The number of anilines is 1. The predicted octanol–water partition coefficient (Wildman–Crippen LogP) is 3.62. The van der Waals surface area contributed by atoms with Crippen LogP contribution in [0.2, 0.25) is 0 Å². The van der Waals surface area contributed by atoms with Gasteiger partial charge in [-0.15, -0.1) is 0 Å². The molecule has 1 saturated heterocycles. The van der Waals surface area contributed by atoms with Crippen LogP contribution in [-0.4, -0.2) is 29.1 Å². The van der Waals surface area contributed by atoms with E-state index in [1.165, 1.54) is 17.8 Å². The van der Waals surface area contributed by atoms with E-state index in [1.54, 1.807) is 0 Å². The Labute approximate surface area is 124 Å². The molecule has 1 aromatic heterocycles. The van der Waals surface area contributed by atoms with Crippen LogP contribution in [0, 0.1) is 11.8 Å². The largest absolute Gasteiger partial charge is 0.477 e. The molecule has 2 unspecified atom stereocenters. The van der Waals surface area contributed by atoms with Gasteiger partial charge in [0.15, 0.2) is 5.13 Å². The minimum absolute atomic E-state index is 0.241. The highest BCUT2D eigenvalue weighted by Crippen LogP contribution is 2.36. The van der Waals surface area contributed by atoms with E-state index in [-0.39, 0.29) is 5.41 Å². The summed E-state index contributed by atoms with van der Waals surface area (Å²) in [6.45, 7) is 12.5. The van der Waals surface area contributed by atoms with Gasteiger partial charge in [0.2, 0.25) is 0 Å². The molecule has 5 heteroatoms. The second-order valence-corrected chi connectivity index (χ2v) is 8.06. The molecule has 0 saturated carbocycles. The van der Waals surface area contributed by atoms with Crippen molar-refractivity contribution in [3.8, 4) is 0 Å². The first kappa shape index (κ1) is 15.3. The van der Waals surface area contributed by atoms with Crippen molar-refractivity contribution in [3.05, 3.63) is 10.6 Å². The fourth-order valence-corrected chi connectivity index (χ4v) is 4.05. The third kappa shape index (κ3) is 3.14. The molecule has 1 N–H and O–H groups in total. The second-order valence-electron chi connectivity index (χ2n) is 7.08. The van der Waals surface area contributed by atoms with Crippen LogP contribution in [0.4, 0.5) is 5.13 Å². The number of carbonyl (C=O) groups is 1. The Morgan fingerprint density at radius 3 is 2.25 bits per heavy atom. The third-order valence-corrected chi connectivity index (χ3v) is 4.76. The lowest BCUT2D eigenvalue weighted by molar-refractivity contribution is 0.0699. The van der Waals surface area contributed by atoms with Crippen molar-refractivity contribution >= 4 is 22.4 Å². The van der Waals surface area contributed by atoms with Gasteiger partial charge >= 0.3 is 5.97 Å². The molecule has 2 atom stereocenters. The van der Waals surface area contributed by atoms with Crippen molar-refractivity contribution in [2.45, 2.75) is 46.5 Å². The Hall–Kier alpha value is -1.10. The number of hydrogen-bond acceptors (Lipinski definition) is 4. The van der Waals surface area contributed by atoms with Gasteiger partial charge in [0, 0.05) is 18.5 Å². The van der Waals surface area contributed by atoms with Gasteiger partial charge in [-0.3, -0.25) is 0 Å². The van der Waals surface area contributed by atoms with E-state index in [4.69, 9.17) is 0 Å². The summed E-state index contributed by atoms with van der Waals surface area (Å²) in [5.41, 5.74) is 0.464. The number of hydrogen-bond donors (Lipinski definition) is 1. The van der Waals surface area contributed by atoms with Gasteiger partial charge in [-0.2, -0.15) is 0 Å². The van der Waals surface area contributed by atoms with E-state index in [9.17, 15) is 9.90 Å². The lowest BCUT2D eigenvalue weighted by Crippen LogP contribution is -2.38. The molecule has 1 aliphatic heterocycles. The van der Waals surface area contributed by atoms with E-state index < -0.39 is 5.97 Å². The highest BCUT2D eigenvalue weighted by atomic mass is 32.1. The summed E-state index contributed by atoms with van der Waals surface area (Å²) in [5.74, 6) is 0.403. The molecule has 4 nitrogen and oxygen atoms in total. The van der Waals surface area contributed by atoms with Gasteiger partial charge in [0.1, 0.15) is 4.88 Å². The molecule has 0 aliphatic carbocycles. The van der Waals surface area contributed by atoms with E-state index in [0.29, 0.717) is 22.4 Å². The summed E-state index contributed by atoms with van der Waals surface area (Å²) < 4.78 is 0.